The molecule has 1 aromatic carbocycles. The molecule has 0 amide bonds. The molecule has 5 atom stereocenters. The quantitative estimate of drug-likeness (QED) is 0.213. The summed E-state index contributed by atoms with van der Waals surface area (Å²) >= 11 is 13.3. The zero-order valence-electron chi connectivity index (χ0n) is 17.3. The molecule has 1 aliphatic carbocycles. The molecule has 0 saturated heterocycles. The number of rotatable bonds is 12. The van der Waals surface area contributed by atoms with Crippen LogP contribution in [0.1, 0.15) is 87.9 Å². The summed E-state index contributed by atoms with van der Waals surface area (Å²) in [4.78, 5) is 10.6. The van der Waals surface area contributed by atoms with E-state index in [4.69, 9.17) is 28.3 Å². The lowest BCUT2D eigenvalue weighted by molar-refractivity contribution is -0.137. The Hall–Kier alpha value is -1.03. The molecule has 162 valence electrons. The molecular weight excluding hydrogens is 407 g/mol. The fourth-order valence-corrected chi connectivity index (χ4v) is 5.28. The topological polar surface area (TPSA) is 57.5 Å². The van der Waals surface area contributed by atoms with E-state index in [1.54, 1.807) is 0 Å². The van der Waals surface area contributed by atoms with Crippen LogP contribution in [-0.2, 0) is 4.79 Å². The maximum absolute atomic E-state index is 10.6. The number of allylic oxidation sites excluding steroid dienone is 2. The van der Waals surface area contributed by atoms with E-state index < -0.39 is 12.1 Å². The molecule has 1 unspecified atom stereocenters. The molecule has 1 saturated carbocycles. The molecule has 0 spiro atoms. The Morgan fingerprint density at radius 2 is 1.86 bits per heavy atom. The van der Waals surface area contributed by atoms with Crippen molar-refractivity contribution in [3.8, 4) is 0 Å². The van der Waals surface area contributed by atoms with Crippen molar-refractivity contribution < 1.29 is 15.0 Å². The van der Waals surface area contributed by atoms with Gasteiger partial charge in [-0.1, -0.05) is 62.6 Å². The summed E-state index contributed by atoms with van der Waals surface area (Å²) in [5.41, 5.74) is 2.15. The van der Waals surface area contributed by atoms with Gasteiger partial charge in [-0.3, -0.25) is 4.79 Å². The van der Waals surface area contributed by atoms with Gasteiger partial charge in [0.25, 0.3) is 0 Å². The van der Waals surface area contributed by atoms with Gasteiger partial charge in [-0.2, -0.15) is 0 Å². The van der Waals surface area contributed by atoms with Gasteiger partial charge in [0.2, 0.25) is 0 Å². The number of halogens is 2. The number of aliphatic hydroxyl groups is 1. The molecule has 2 rings (SSSR count). The van der Waals surface area contributed by atoms with Crippen LogP contribution in [0.5, 0.6) is 0 Å². The zero-order valence-corrected chi connectivity index (χ0v) is 18.8. The molecule has 1 aromatic rings. The summed E-state index contributed by atoms with van der Waals surface area (Å²) in [5.74, 6) is -0.302. The van der Waals surface area contributed by atoms with E-state index in [0.29, 0.717) is 6.42 Å². The summed E-state index contributed by atoms with van der Waals surface area (Å²) < 4.78 is 0. The van der Waals surface area contributed by atoms with Gasteiger partial charge >= 0.3 is 5.97 Å². The van der Waals surface area contributed by atoms with Crippen LogP contribution >= 0.6 is 23.2 Å². The van der Waals surface area contributed by atoms with Crippen molar-refractivity contribution in [2.24, 2.45) is 5.92 Å². The first kappa shape index (κ1) is 24.2. The predicted molar refractivity (Wildman–Crippen MR) is 121 cm³/mol. The first-order valence-electron chi connectivity index (χ1n) is 10.9. The molecule has 1 fully saturated rings. The average Bonchev–Trinajstić information content (AvgIpc) is 2.97. The molecule has 29 heavy (non-hydrogen) atoms. The third kappa shape index (κ3) is 7.62. The summed E-state index contributed by atoms with van der Waals surface area (Å²) in [6.07, 6.45) is 11.2. The monoisotopic (exact) mass is 440 g/mol. The Morgan fingerprint density at radius 3 is 2.52 bits per heavy atom. The lowest BCUT2D eigenvalue weighted by Gasteiger charge is -2.23. The molecule has 0 radical (unpaired) electrons. The Bertz CT molecular complexity index is 644. The summed E-state index contributed by atoms with van der Waals surface area (Å²) in [7, 11) is 0. The van der Waals surface area contributed by atoms with Crippen LogP contribution in [0.15, 0.2) is 36.4 Å². The smallest absolute Gasteiger partial charge is 0.303 e. The minimum Gasteiger partial charge on any atom is -0.481 e. The van der Waals surface area contributed by atoms with Gasteiger partial charge in [0.1, 0.15) is 0 Å². The van der Waals surface area contributed by atoms with E-state index in [1.165, 1.54) is 5.56 Å². The second-order valence-corrected chi connectivity index (χ2v) is 9.25. The van der Waals surface area contributed by atoms with Crippen molar-refractivity contribution in [2.45, 2.75) is 87.5 Å². The molecule has 3 nitrogen and oxygen atoms in total. The molecule has 1 aliphatic rings. The largest absolute Gasteiger partial charge is 0.481 e. The van der Waals surface area contributed by atoms with Crippen molar-refractivity contribution >= 4 is 29.2 Å². The van der Waals surface area contributed by atoms with Crippen molar-refractivity contribution in [1.29, 1.82) is 0 Å². The highest BCUT2D eigenvalue weighted by molar-refractivity contribution is 6.25. The number of carboxylic acids is 1. The Balaban J connectivity index is 1.96. The van der Waals surface area contributed by atoms with Crippen LogP contribution in [0, 0.1) is 5.92 Å². The number of carbonyl (C=O) groups is 1. The third-order valence-corrected chi connectivity index (χ3v) is 6.84. The lowest BCUT2D eigenvalue weighted by Crippen LogP contribution is -2.16. The van der Waals surface area contributed by atoms with Gasteiger partial charge < -0.3 is 10.2 Å². The van der Waals surface area contributed by atoms with E-state index in [2.05, 4.69) is 31.2 Å². The highest BCUT2D eigenvalue weighted by Crippen LogP contribution is 2.47. The van der Waals surface area contributed by atoms with E-state index in [-0.39, 0.29) is 29.0 Å². The van der Waals surface area contributed by atoms with E-state index >= 15 is 0 Å². The number of aliphatic hydroxyl groups excluding tert-OH is 1. The van der Waals surface area contributed by atoms with Crippen LogP contribution in [0.25, 0.3) is 0 Å². The Kier molecular flexibility index (Phi) is 10.5. The average molecular weight is 441 g/mol. The molecule has 5 heteroatoms. The van der Waals surface area contributed by atoms with E-state index in [0.717, 1.165) is 50.5 Å². The van der Waals surface area contributed by atoms with Gasteiger partial charge in [0.05, 0.1) is 6.10 Å². The predicted octanol–water partition coefficient (Wildman–Crippen LogP) is 6.82. The number of hydrogen-bond acceptors (Lipinski definition) is 2. The summed E-state index contributed by atoms with van der Waals surface area (Å²) in [6.45, 7) is 2.16. The molecule has 0 aromatic heterocycles. The number of alkyl halides is 2. The Labute approximate surface area is 185 Å². The standard InChI is InChI=1S/C24H34Cl2O3/c1-2-3-6-10-22(27)17-12-14-18(15-13-17)24-19(20(25)16-21(24)26)9-7-4-5-8-11-23(28)29/h4,7,12-15,19-22,24,27H,2-3,5-6,8-11,16H2,1H3,(H,28,29)/b7-4-/t19?,20-,21+,22-,24-/m1/s1. The van der Waals surface area contributed by atoms with Gasteiger partial charge in [0, 0.05) is 23.1 Å². The maximum Gasteiger partial charge on any atom is 0.303 e. The summed E-state index contributed by atoms with van der Waals surface area (Å²) in [6, 6.07) is 8.24. The van der Waals surface area contributed by atoms with Crippen LogP contribution in [0.4, 0.5) is 0 Å². The fourth-order valence-electron chi connectivity index (χ4n) is 4.22. The minimum absolute atomic E-state index is 0.00300. The van der Waals surface area contributed by atoms with Gasteiger partial charge in [-0.15, -0.1) is 23.2 Å². The first-order chi connectivity index (χ1) is 13.9. The lowest BCUT2D eigenvalue weighted by atomic mass is 9.85. The molecular formula is C24H34Cl2O3. The van der Waals surface area contributed by atoms with Crippen molar-refractivity contribution in [2.75, 3.05) is 0 Å². The second-order valence-electron chi connectivity index (χ2n) is 8.13. The van der Waals surface area contributed by atoms with Crippen LogP contribution in [0.3, 0.4) is 0 Å². The number of hydrogen-bond donors (Lipinski definition) is 2. The molecule has 0 aliphatic heterocycles. The van der Waals surface area contributed by atoms with Crippen molar-refractivity contribution in [1.82, 2.24) is 0 Å². The van der Waals surface area contributed by atoms with Crippen LogP contribution in [0.2, 0.25) is 0 Å². The fraction of sp³-hybridized carbons (Fsp3) is 0.625. The van der Waals surface area contributed by atoms with Gasteiger partial charge in [-0.25, -0.2) is 0 Å². The van der Waals surface area contributed by atoms with E-state index in [9.17, 15) is 9.90 Å². The molecule has 0 bridgehead atoms. The second kappa shape index (κ2) is 12.6. The normalized spacial score (nSPS) is 25.5. The Morgan fingerprint density at radius 1 is 1.14 bits per heavy atom. The minimum atomic E-state index is -0.751. The highest BCUT2D eigenvalue weighted by Gasteiger charge is 2.41. The van der Waals surface area contributed by atoms with Crippen LogP contribution < -0.4 is 0 Å². The number of benzene rings is 1. The number of aliphatic carboxylic acids is 1. The number of carboxylic acid groups (broad SMARTS) is 1. The van der Waals surface area contributed by atoms with Crippen LogP contribution in [-0.4, -0.2) is 26.9 Å². The molecule has 0 heterocycles. The van der Waals surface area contributed by atoms with Gasteiger partial charge in [0.15, 0.2) is 0 Å². The highest BCUT2D eigenvalue weighted by atomic mass is 35.5. The summed E-state index contributed by atoms with van der Waals surface area (Å²) in [5, 5.41) is 19.1. The van der Waals surface area contributed by atoms with Crippen molar-refractivity contribution in [3.05, 3.63) is 47.5 Å². The third-order valence-electron chi connectivity index (χ3n) is 5.89. The maximum atomic E-state index is 10.6. The molecule has 2 N–H and O–H groups in total. The SMILES string of the molecule is CCCCC[C@@H](O)c1ccc([C@@H]2C(C/C=C\CCCC(=O)O)[C@H](Cl)C[C@@H]2Cl)cc1. The van der Waals surface area contributed by atoms with Crippen molar-refractivity contribution in [3.63, 3.8) is 0 Å². The zero-order chi connectivity index (χ0) is 21.2. The first-order valence-corrected chi connectivity index (χ1v) is 11.7. The van der Waals surface area contributed by atoms with E-state index in [1.807, 2.05) is 12.1 Å². The number of unbranched alkanes of at least 4 members (excludes halogenated alkanes) is 3. The van der Waals surface area contributed by atoms with Gasteiger partial charge in [-0.05, 0) is 49.1 Å².